The number of rotatable bonds is 7. The molecule has 0 saturated carbocycles. The number of nitrogens with zero attached hydrogens (tertiary/aromatic N) is 1. The Bertz CT molecular complexity index is 847. The standard InChI is InChI=1S/C14H18BrF3N4O4S/c1-7(14(16,17)18)26-10-4-9(21-5-8(10)15)11(23)22-13(2,12(19)20)6-27(3,24)25/h4-5,7H,6H2,1-3H3,(H3,19,20)(H,22,23)/t7-,13?/m0/s1. The van der Waals surface area contributed by atoms with E-state index in [-0.39, 0.29) is 15.9 Å². The Balaban J connectivity index is 3.13. The number of pyridine rings is 1. The van der Waals surface area contributed by atoms with Crippen molar-refractivity contribution in [3.8, 4) is 5.75 Å². The van der Waals surface area contributed by atoms with Gasteiger partial charge in [-0.1, -0.05) is 0 Å². The van der Waals surface area contributed by atoms with Crippen molar-refractivity contribution in [1.29, 1.82) is 5.41 Å². The molecule has 8 nitrogen and oxygen atoms in total. The number of ether oxygens (including phenoxy) is 1. The Hall–Kier alpha value is -1.89. The highest BCUT2D eigenvalue weighted by Gasteiger charge is 2.39. The third-order valence-corrected chi connectivity index (χ3v) is 5.05. The van der Waals surface area contributed by atoms with Crippen molar-refractivity contribution in [3.63, 3.8) is 0 Å². The fourth-order valence-electron chi connectivity index (χ4n) is 1.91. The Morgan fingerprint density at radius 3 is 2.48 bits per heavy atom. The van der Waals surface area contributed by atoms with E-state index in [4.69, 9.17) is 15.9 Å². The minimum atomic E-state index is -4.62. The molecule has 0 bridgehead atoms. The zero-order valence-electron chi connectivity index (χ0n) is 14.5. The summed E-state index contributed by atoms with van der Waals surface area (Å²) >= 11 is 2.98. The maximum absolute atomic E-state index is 12.7. The average molecular weight is 475 g/mol. The summed E-state index contributed by atoms with van der Waals surface area (Å²) in [4.78, 5) is 16.2. The molecule has 1 amide bonds. The lowest BCUT2D eigenvalue weighted by Crippen LogP contribution is -2.59. The fourth-order valence-corrected chi connectivity index (χ4v) is 3.50. The molecule has 0 aliphatic rings. The van der Waals surface area contributed by atoms with Crippen molar-refractivity contribution in [1.82, 2.24) is 10.3 Å². The molecular formula is C14H18BrF3N4O4S. The van der Waals surface area contributed by atoms with Gasteiger partial charge in [-0.15, -0.1) is 0 Å². The van der Waals surface area contributed by atoms with Crippen molar-refractivity contribution in [2.75, 3.05) is 12.0 Å². The van der Waals surface area contributed by atoms with Gasteiger partial charge in [0.2, 0.25) is 0 Å². The van der Waals surface area contributed by atoms with Gasteiger partial charge in [-0.3, -0.25) is 10.2 Å². The van der Waals surface area contributed by atoms with Gasteiger partial charge >= 0.3 is 6.18 Å². The van der Waals surface area contributed by atoms with Gasteiger partial charge in [-0.05, 0) is 29.8 Å². The van der Waals surface area contributed by atoms with E-state index in [2.05, 4.69) is 26.2 Å². The van der Waals surface area contributed by atoms with Gasteiger partial charge in [0.15, 0.2) is 6.10 Å². The quantitative estimate of drug-likeness (QED) is 0.406. The smallest absolute Gasteiger partial charge is 0.425 e. The van der Waals surface area contributed by atoms with Crippen molar-refractivity contribution in [2.24, 2.45) is 5.73 Å². The molecular weight excluding hydrogens is 457 g/mol. The molecule has 1 heterocycles. The fraction of sp³-hybridized carbons (Fsp3) is 0.500. The Morgan fingerprint density at radius 1 is 1.48 bits per heavy atom. The van der Waals surface area contributed by atoms with Gasteiger partial charge in [0.25, 0.3) is 5.91 Å². The highest BCUT2D eigenvalue weighted by Crippen LogP contribution is 2.30. The first-order valence-electron chi connectivity index (χ1n) is 7.29. The van der Waals surface area contributed by atoms with Gasteiger partial charge in [0.05, 0.1) is 10.2 Å². The molecule has 0 aromatic carbocycles. The first-order chi connectivity index (χ1) is 12.0. The van der Waals surface area contributed by atoms with E-state index < -0.39 is 45.2 Å². The van der Waals surface area contributed by atoms with Crippen LogP contribution in [0.1, 0.15) is 24.3 Å². The minimum Gasteiger partial charge on any atom is -0.480 e. The number of amides is 1. The van der Waals surface area contributed by atoms with Crippen LogP contribution in [-0.2, 0) is 9.84 Å². The first-order valence-corrected chi connectivity index (χ1v) is 10.1. The van der Waals surface area contributed by atoms with Crippen LogP contribution < -0.4 is 15.8 Å². The van der Waals surface area contributed by atoms with E-state index in [1.54, 1.807) is 0 Å². The lowest BCUT2D eigenvalue weighted by molar-refractivity contribution is -0.189. The summed E-state index contributed by atoms with van der Waals surface area (Å²) in [6.45, 7) is 2.03. The number of carbonyl (C=O) groups excluding carboxylic acids is 1. The van der Waals surface area contributed by atoms with Gasteiger partial charge in [0, 0.05) is 18.5 Å². The molecule has 152 valence electrons. The molecule has 1 rings (SSSR count). The number of nitrogens with one attached hydrogen (secondary N) is 2. The van der Waals surface area contributed by atoms with Crippen LogP contribution in [0.4, 0.5) is 13.2 Å². The van der Waals surface area contributed by atoms with Crippen LogP contribution >= 0.6 is 15.9 Å². The topological polar surface area (TPSA) is 135 Å². The number of halogens is 4. The number of amidine groups is 1. The molecule has 1 unspecified atom stereocenters. The number of hydrogen-bond donors (Lipinski definition) is 3. The number of aromatic nitrogens is 1. The number of hydrogen-bond acceptors (Lipinski definition) is 6. The van der Waals surface area contributed by atoms with Crippen LogP contribution in [0, 0.1) is 5.41 Å². The second-order valence-electron chi connectivity index (χ2n) is 6.07. The van der Waals surface area contributed by atoms with E-state index in [0.717, 1.165) is 25.4 Å². The van der Waals surface area contributed by atoms with E-state index in [9.17, 15) is 26.4 Å². The molecule has 27 heavy (non-hydrogen) atoms. The molecule has 0 spiro atoms. The number of carbonyl (C=O) groups is 1. The molecule has 1 aromatic heterocycles. The first kappa shape index (κ1) is 23.1. The SMILES string of the molecule is C[C@H](Oc1cc(C(=O)NC(C)(CS(C)(=O)=O)C(=N)N)ncc1Br)C(F)(F)F. The summed E-state index contributed by atoms with van der Waals surface area (Å²) in [5.41, 5.74) is 3.33. The lowest BCUT2D eigenvalue weighted by atomic mass is 10.0. The number of nitrogens with two attached hydrogens (primary N) is 1. The van der Waals surface area contributed by atoms with E-state index in [1.807, 2.05) is 0 Å². The summed E-state index contributed by atoms with van der Waals surface area (Å²) in [5.74, 6) is -2.48. The largest absolute Gasteiger partial charge is 0.480 e. The molecule has 0 aliphatic carbocycles. The van der Waals surface area contributed by atoms with E-state index in [0.29, 0.717) is 0 Å². The van der Waals surface area contributed by atoms with Crippen LogP contribution in [0.15, 0.2) is 16.7 Å². The minimum absolute atomic E-state index is 0.0839. The molecule has 1 aromatic rings. The van der Waals surface area contributed by atoms with E-state index in [1.165, 1.54) is 6.92 Å². The maximum atomic E-state index is 12.7. The normalized spacial score (nSPS) is 15.5. The maximum Gasteiger partial charge on any atom is 0.425 e. The second-order valence-corrected chi connectivity index (χ2v) is 9.07. The molecule has 4 N–H and O–H groups in total. The monoisotopic (exact) mass is 474 g/mol. The third kappa shape index (κ3) is 6.65. The Morgan fingerprint density at radius 2 is 2.04 bits per heavy atom. The van der Waals surface area contributed by atoms with Gasteiger partial charge < -0.3 is 15.8 Å². The number of sulfone groups is 1. The Kier molecular flexibility index (Phi) is 6.86. The molecule has 0 fully saturated rings. The summed E-state index contributed by atoms with van der Waals surface area (Å²) in [7, 11) is -3.61. The Labute approximate surface area is 162 Å². The molecule has 0 saturated heterocycles. The molecule has 2 atom stereocenters. The van der Waals surface area contributed by atoms with Crippen LogP contribution in [0.2, 0.25) is 0 Å². The number of alkyl halides is 3. The van der Waals surface area contributed by atoms with Crippen LogP contribution in [-0.4, -0.2) is 55.0 Å². The molecule has 0 radical (unpaired) electrons. The third-order valence-electron chi connectivity index (χ3n) is 3.35. The van der Waals surface area contributed by atoms with Crippen molar-refractivity contribution < 1.29 is 31.1 Å². The van der Waals surface area contributed by atoms with Crippen LogP contribution in [0.25, 0.3) is 0 Å². The predicted molar refractivity (Wildman–Crippen MR) is 95.6 cm³/mol. The van der Waals surface area contributed by atoms with Crippen molar-refractivity contribution in [2.45, 2.75) is 31.7 Å². The van der Waals surface area contributed by atoms with E-state index >= 15 is 0 Å². The highest BCUT2D eigenvalue weighted by molar-refractivity contribution is 9.10. The molecule has 0 aliphatic heterocycles. The van der Waals surface area contributed by atoms with Crippen molar-refractivity contribution >= 4 is 37.5 Å². The summed E-state index contributed by atoms with van der Waals surface area (Å²) in [5, 5.41) is 9.82. The van der Waals surface area contributed by atoms with Crippen LogP contribution in [0.5, 0.6) is 5.75 Å². The van der Waals surface area contributed by atoms with Gasteiger partial charge in [-0.2, -0.15) is 13.2 Å². The highest BCUT2D eigenvalue weighted by atomic mass is 79.9. The van der Waals surface area contributed by atoms with Gasteiger partial charge in [0.1, 0.15) is 32.7 Å². The molecule has 13 heteroatoms. The summed E-state index contributed by atoms with van der Waals surface area (Å²) in [6.07, 6.45) is -4.79. The summed E-state index contributed by atoms with van der Waals surface area (Å²) < 4.78 is 65.9. The zero-order chi connectivity index (χ0) is 21.2. The van der Waals surface area contributed by atoms with Crippen molar-refractivity contribution in [3.05, 3.63) is 22.4 Å². The summed E-state index contributed by atoms with van der Waals surface area (Å²) in [6, 6.07) is 0.961. The van der Waals surface area contributed by atoms with Gasteiger partial charge in [-0.25, -0.2) is 13.4 Å². The second kappa shape index (κ2) is 8.00. The zero-order valence-corrected chi connectivity index (χ0v) is 16.9. The average Bonchev–Trinajstić information content (AvgIpc) is 2.46. The predicted octanol–water partition coefficient (Wildman–Crippen LogP) is 1.64. The van der Waals surface area contributed by atoms with Crippen LogP contribution in [0.3, 0.4) is 0 Å². The lowest BCUT2D eigenvalue weighted by Gasteiger charge is -2.28.